The Kier molecular flexibility index (Phi) is 4.54. The van der Waals surface area contributed by atoms with E-state index in [9.17, 15) is 14.0 Å². The Morgan fingerprint density at radius 2 is 2.14 bits per heavy atom. The van der Waals surface area contributed by atoms with Crippen LogP contribution in [0.15, 0.2) is 24.3 Å². The number of aromatic amines is 1. The number of hydrogen-bond donors (Lipinski definition) is 3. The van der Waals surface area contributed by atoms with E-state index in [1.807, 2.05) is 0 Å². The van der Waals surface area contributed by atoms with Crippen molar-refractivity contribution in [1.82, 2.24) is 31.3 Å². The number of tetrazole rings is 1. The van der Waals surface area contributed by atoms with E-state index in [1.165, 1.54) is 24.3 Å². The molecule has 1 heterocycles. The zero-order valence-corrected chi connectivity index (χ0v) is 11.1. The van der Waals surface area contributed by atoms with Crippen LogP contribution in [0.4, 0.5) is 4.39 Å². The van der Waals surface area contributed by atoms with Crippen LogP contribution in [0.1, 0.15) is 29.1 Å². The topological polar surface area (TPSA) is 113 Å². The molecule has 1 aromatic carbocycles. The summed E-state index contributed by atoms with van der Waals surface area (Å²) < 4.78 is 13.4. The van der Waals surface area contributed by atoms with E-state index in [2.05, 4.69) is 31.3 Å². The van der Waals surface area contributed by atoms with Crippen molar-refractivity contribution in [2.45, 2.75) is 13.0 Å². The molecule has 0 fully saturated rings. The number of carbonyl (C=O) groups excluding carboxylic acids is 2. The Balaban J connectivity index is 1.84. The van der Waals surface area contributed by atoms with E-state index in [1.54, 1.807) is 6.92 Å². The molecule has 110 valence electrons. The number of H-pyrrole nitrogens is 1. The molecule has 1 atom stereocenters. The Hall–Kier alpha value is -2.84. The highest BCUT2D eigenvalue weighted by molar-refractivity contribution is 5.96. The minimum Gasteiger partial charge on any atom is -0.345 e. The molecule has 2 rings (SSSR count). The van der Waals surface area contributed by atoms with Crippen molar-refractivity contribution in [3.05, 3.63) is 41.5 Å². The predicted molar refractivity (Wildman–Crippen MR) is 69.5 cm³/mol. The first kappa shape index (κ1) is 14.6. The molecule has 0 spiro atoms. The lowest BCUT2D eigenvalue weighted by molar-refractivity contribution is -0.120. The average molecular weight is 292 g/mol. The number of nitrogens with one attached hydrogen (secondary N) is 3. The number of amides is 2. The van der Waals surface area contributed by atoms with E-state index in [0.29, 0.717) is 5.82 Å². The number of rotatable bonds is 5. The quantitative estimate of drug-likeness (QED) is 0.715. The molecular formula is C12H13FN6O2. The second-order valence-corrected chi connectivity index (χ2v) is 4.22. The summed E-state index contributed by atoms with van der Waals surface area (Å²) in [6.07, 6.45) is 0. The first-order valence-corrected chi connectivity index (χ1v) is 6.13. The van der Waals surface area contributed by atoms with E-state index in [0.717, 1.165) is 0 Å². The van der Waals surface area contributed by atoms with E-state index in [-0.39, 0.29) is 12.1 Å². The molecular weight excluding hydrogens is 279 g/mol. The SMILES string of the molecule is CC(NC(=O)CNC(=O)c1ccccc1F)c1nn[nH]n1. The van der Waals surface area contributed by atoms with Crippen LogP contribution in [-0.4, -0.2) is 39.0 Å². The molecule has 21 heavy (non-hydrogen) atoms. The smallest absolute Gasteiger partial charge is 0.254 e. The highest BCUT2D eigenvalue weighted by Crippen LogP contribution is 2.06. The van der Waals surface area contributed by atoms with Crippen molar-refractivity contribution in [3.63, 3.8) is 0 Å². The highest BCUT2D eigenvalue weighted by atomic mass is 19.1. The number of halogens is 1. The fourth-order valence-electron chi connectivity index (χ4n) is 1.61. The third kappa shape index (κ3) is 3.81. The fourth-order valence-corrected chi connectivity index (χ4v) is 1.61. The van der Waals surface area contributed by atoms with Gasteiger partial charge in [0.05, 0.1) is 18.2 Å². The van der Waals surface area contributed by atoms with Crippen LogP contribution in [0, 0.1) is 5.82 Å². The first-order chi connectivity index (χ1) is 10.1. The third-order valence-electron chi connectivity index (χ3n) is 2.65. The molecule has 3 N–H and O–H groups in total. The van der Waals surface area contributed by atoms with Gasteiger partial charge in [-0.05, 0) is 19.1 Å². The number of benzene rings is 1. The molecule has 1 aromatic heterocycles. The van der Waals surface area contributed by atoms with Gasteiger partial charge in [-0.1, -0.05) is 17.3 Å². The fraction of sp³-hybridized carbons (Fsp3) is 0.250. The van der Waals surface area contributed by atoms with Crippen molar-refractivity contribution in [1.29, 1.82) is 0 Å². The lowest BCUT2D eigenvalue weighted by Crippen LogP contribution is -2.38. The van der Waals surface area contributed by atoms with Gasteiger partial charge < -0.3 is 10.6 Å². The first-order valence-electron chi connectivity index (χ1n) is 6.13. The van der Waals surface area contributed by atoms with Gasteiger partial charge in [0.2, 0.25) is 5.91 Å². The maximum atomic E-state index is 13.4. The van der Waals surface area contributed by atoms with Gasteiger partial charge in [0.1, 0.15) is 5.82 Å². The Morgan fingerprint density at radius 3 is 2.81 bits per heavy atom. The number of aromatic nitrogens is 4. The summed E-state index contributed by atoms with van der Waals surface area (Å²) in [5, 5.41) is 18.0. The zero-order valence-electron chi connectivity index (χ0n) is 11.1. The minimum atomic E-state index is -0.657. The Morgan fingerprint density at radius 1 is 1.38 bits per heavy atom. The van der Waals surface area contributed by atoms with E-state index < -0.39 is 23.7 Å². The molecule has 8 nitrogen and oxygen atoms in total. The van der Waals surface area contributed by atoms with Gasteiger partial charge >= 0.3 is 0 Å². The van der Waals surface area contributed by atoms with Gasteiger partial charge in [0.15, 0.2) is 5.82 Å². The molecule has 2 aromatic rings. The number of hydrogen-bond acceptors (Lipinski definition) is 5. The summed E-state index contributed by atoms with van der Waals surface area (Å²) in [5.74, 6) is -1.42. The summed E-state index contributed by atoms with van der Waals surface area (Å²) >= 11 is 0. The van der Waals surface area contributed by atoms with Crippen molar-refractivity contribution >= 4 is 11.8 Å². The lowest BCUT2D eigenvalue weighted by atomic mass is 10.2. The maximum Gasteiger partial charge on any atom is 0.254 e. The van der Waals surface area contributed by atoms with Gasteiger partial charge in [-0.2, -0.15) is 5.21 Å². The molecule has 0 aliphatic heterocycles. The summed E-state index contributed by atoms with van der Waals surface area (Å²) in [5.41, 5.74) is -0.114. The van der Waals surface area contributed by atoms with Crippen molar-refractivity contribution < 1.29 is 14.0 Å². The molecule has 0 bridgehead atoms. The Bertz CT molecular complexity index is 630. The molecule has 2 amide bonds. The molecule has 0 saturated heterocycles. The third-order valence-corrected chi connectivity index (χ3v) is 2.65. The van der Waals surface area contributed by atoms with E-state index >= 15 is 0 Å². The molecule has 0 radical (unpaired) electrons. The van der Waals surface area contributed by atoms with E-state index in [4.69, 9.17) is 0 Å². The summed E-state index contributed by atoms with van der Waals surface area (Å²) in [6.45, 7) is 1.39. The molecule has 9 heteroatoms. The van der Waals surface area contributed by atoms with Crippen LogP contribution in [0.5, 0.6) is 0 Å². The maximum absolute atomic E-state index is 13.4. The largest absolute Gasteiger partial charge is 0.345 e. The molecule has 0 aliphatic carbocycles. The van der Waals surface area contributed by atoms with Crippen LogP contribution >= 0.6 is 0 Å². The normalized spacial score (nSPS) is 11.7. The average Bonchev–Trinajstić information content (AvgIpc) is 2.99. The number of nitrogens with zero attached hydrogens (tertiary/aromatic N) is 3. The highest BCUT2D eigenvalue weighted by Gasteiger charge is 2.15. The van der Waals surface area contributed by atoms with Crippen LogP contribution in [0.3, 0.4) is 0 Å². The van der Waals surface area contributed by atoms with Crippen LogP contribution in [-0.2, 0) is 4.79 Å². The van der Waals surface area contributed by atoms with Gasteiger partial charge in [-0.3, -0.25) is 9.59 Å². The Labute approximate surface area is 119 Å². The predicted octanol–water partition coefficient (Wildman–Crippen LogP) is -0.0540. The van der Waals surface area contributed by atoms with Crippen molar-refractivity contribution in [2.24, 2.45) is 0 Å². The standard InChI is InChI=1S/C12H13FN6O2/c1-7(11-16-18-19-17-11)15-10(20)6-14-12(21)8-4-2-3-5-9(8)13/h2-5,7H,6H2,1H3,(H,14,21)(H,15,20)(H,16,17,18,19). The van der Waals surface area contributed by atoms with Crippen LogP contribution in [0.25, 0.3) is 0 Å². The molecule has 0 saturated carbocycles. The summed E-state index contributed by atoms with van der Waals surface area (Å²) in [4.78, 5) is 23.4. The van der Waals surface area contributed by atoms with Crippen LogP contribution < -0.4 is 10.6 Å². The minimum absolute atomic E-state index is 0.114. The zero-order chi connectivity index (χ0) is 15.2. The number of carbonyl (C=O) groups is 2. The monoisotopic (exact) mass is 292 g/mol. The van der Waals surface area contributed by atoms with Gasteiger partial charge in [-0.15, -0.1) is 10.2 Å². The second-order valence-electron chi connectivity index (χ2n) is 4.22. The van der Waals surface area contributed by atoms with Crippen molar-refractivity contribution in [2.75, 3.05) is 6.54 Å². The summed E-state index contributed by atoms with van der Waals surface area (Å²) in [7, 11) is 0. The second kappa shape index (κ2) is 6.55. The van der Waals surface area contributed by atoms with Crippen LogP contribution in [0.2, 0.25) is 0 Å². The van der Waals surface area contributed by atoms with Gasteiger partial charge in [0, 0.05) is 0 Å². The summed E-state index contributed by atoms with van der Waals surface area (Å²) in [6, 6.07) is 5.07. The lowest BCUT2D eigenvalue weighted by Gasteiger charge is -2.10. The molecule has 0 aliphatic rings. The van der Waals surface area contributed by atoms with Gasteiger partial charge in [-0.25, -0.2) is 4.39 Å². The van der Waals surface area contributed by atoms with Gasteiger partial charge in [0.25, 0.3) is 5.91 Å². The molecule has 1 unspecified atom stereocenters. The van der Waals surface area contributed by atoms with Crippen molar-refractivity contribution in [3.8, 4) is 0 Å².